The number of halogens is 2. The first-order chi connectivity index (χ1) is 8.56. The summed E-state index contributed by atoms with van der Waals surface area (Å²) in [6.07, 6.45) is 3.65. The molecule has 0 bridgehead atoms. The van der Waals surface area contributed by atoms with E-state index in [2.05, 4.69) is 32.3 Å². The van der Waals surface area contributed by atoms with Crippen molar-refractivity contribution in [2.45, 2.75) is 20.4 Å². The molecule has 1 aromatic heterocycles. The number of anilines is 1. The molecule has 0 saturated heterocycles. The summed E-state index contributed by atoms with van der Waals surface area (Å²) in [4.78, 5) is 4.14. The zero-order valence-electron chi connectivity index (χ0n) is 10.3. The predicted octanol–water partition coefficient (Wildman–Crippen LogP) is 4.21. The molecule has 18 heavy (non-hydrogen) atoms. The van der Waals surface area contributed by atoms with E-state index in [1.54, 1.807) is 6.07 Å². The van der Waals surface area contributed by atoms with Gasteiger partial charge in [-0.05, 0) is 58.6 Å². The molecule has 0 radical (unpaired) electrons. The highest BCUT2D eigenvalue weighted by atomic mass is 79.9. The van der Waals surface area contributed by atoms with Crippen LogP contribution >= 0.6 is 15.9 Å². The first-order valence-electron chi connectivity index (χ1n) is 5.66. The maximum absolute atomic E-state index is 13.3. The summed E-state index contributed by atoms with van der Waals surface area (Å²) in [6, 6.07) is 5.35. The van der Waals surface area contributed by atoms with Gasteiger partial charge < -0.3 is 5.32 Å². The largest absolute Gasteiger partial charge is 0.381 e. The molecule has 1 heterocycles. The summed E-state index contributed by atoms with van der Waals surface area (Å²) >= 11 is 3.19. The quantitative estimate of drug-likeness (QED) is 0.918. The van der Waals surface area contributed by atoms with E-state index in [1.807, 2.05) is 26.2 Å². The second kappa shape index (κ2) is 5.48. The van der Waals surface area contributed by atoms with Gasteiger partial charge in [-0.1, -0.05) is 6.07 Å². The van der Waals surface area contributed by atoms with Crippen molar-refractivity contribution in [1.29, 1.82) is 0 Å². The Morgan fingerprint density at radius 1 is 1.22 bits per heavy atom. The third-order valence-electron chi connectivity index (χ3n) is 2.68. The molecule has 94 valence electrons. The van der Waals surface area contributed by atoms with Gasteiger partial charge in [0, 0.05) is 24.6 Å². The van der Waals surface area contributed by atoms with Gasteiger partial charge in [0.1, 0.15) is 5.82 Å². The maximum Gasteiger partial charge on any atom is 0.137 e. The van der Waals surface area contributed by atoms with Crippen LogP contribution in [0.15, 0.2) is 35.1 Å². The lowest BCUT2D eigenvalue weighted by molar-refractivity contribution is 0.620. The number of rotatable bonds is 3. The van der Waals surface area contributed by atoms with E-state index in [9.17, 15) is 4.39 Å². The van der Waals surface area contributed by atoms with Crippen molar-refractivity contribution in [3.8, 4) is 0 Å². The minimum absolute atomic E-state index is 0.240. The maximum atomic E-state index is 13.3. The van der Waals surface area contributed by atoms with Crippen molar-refractivity contribution < 1.29 is 4.39 Å². The number of nitrogens with one attached hydrogen (secondary N) is 1. The molecule has 2 rings (SSSR count). The predicted molar refractivity (Wildman–Crippen MR) is 75.1 cm³/mol. The van der Waals surface area contributed by atoms with E-state index in [-0.39, 0.29) is 5.82 Å². The highest BCUT2D eigenvalue weighted by Gasteiger charge is 2.05. The van der Waals surface area contributed by atoms with Gasteiger partial charge >= 0.3 is 0 Å². The van der Waals surface area contributed by atoms with E-state index in [0.717, 1.165) is 22.4 Å². The van der Waals surface area contributed by atoms with Crippen molar-refractivity contribution in [1.82, 2.24) is 4.98 Å². The summed E-state index contributed by atoms with van der Waals surface area (Å²) in [7, 11) is 0. The standard InChI is InChI=1S/C14H14BrFN2/c1-9-3-11(7-17-6-9)8-18-14-5-12(15)13(16)4-10(14)2/h3-7,18H,8H2,1-2H3. The normalized spacial score (nSPS) is 10.4. The average molecular weight is 309 g/mol. The number of aryl methyl sites for hydroxylation is 2. The molecular formula is C14H14BrFN2. The third kappa shape index (κ3) is 3.07. The van der Waals surface area contributed by atoms with Gasteiger partial charge in [-0.3, -0.25) is 4.98 Å². The number of hydrogen-bond donors (Lipinski definition) is 1. The van der Waals surface area contributed by atoms with Gasteiger partial charge in [-0.15, -0.1) is 0 Å². The van der Waals surface area contributed by atoms with Crippen LogP contribution in [-0.2, 0) is 6.54 Å². The minimum atomic E-state index is -0.240. The second-order valence-electron chi connectivity index (χ2n) is 4.31. The number of nitrogens with zero attached hydrogens (tertiary/aromatic N) is 1. The van der Waals surface area contributed by atoms with Crippen LogP contribution in [0.1, 0.15) is 16.7 Å². The summed E-state index contributed by atoms with van der Waals surface area (Å²) in [5.74, 6) is -0.240. The topological polar surface area (TPSA) is 24.9 Å². The van der Waals surface area contributed by atoms with Crippen LogP contribution < -0.4 is 5.32 Å². The first-order valence-corrected chi connectivity index (χ1v) is 6.45. The number of aromatic nitrogens is 1. The number of pyridine rings is 1. The second-order valence-corrected chi connectivity index (χ2v) is 5.16. The SMILES string of the molecule is Cc1cncc(CNc2cc(Br)c(F)cc2C)c1. The fourth-order valence-electron chi connectivity index (χ4n) is 1.75. The highest BCUT2D eigenvalue weighted by molar-refractivity contribution is 9.10. The molecule has 0 aliphatic heterocycles. The molecule has 2 nitrogen and oxygen atoms in total. The Bertz CT molecular complexity index is 570. The van der Waals surface area contributed by atoms with E-state index >= 15 is 0 Å². The summed E-state index contributed by atoms with van der Waals surface area (Å²) in [5.41, 5.74) is 4.04. The molecule has 0 spiro atoms. The van der Waals surface area contributed by atoms with Crippen molar-refractivity contribution >= 4 is 21.6 Å². The lowest BCUT2D eigenvalue weighted by Crippen LogP contribution is -2.02. The van der Waals surface area contributed by atoms with Crippen molar-refractivity contribution in [2.75, 3.05) is 5.32 Å². The van der Waals surface area contributed by atoms with Crippen molar-refractivity contribution in [3.63, 3.8) is 0 Å². The smallest absolute Gasteiger partial charge is 0.137 e. The molecule has 2 aromatic rings. The lowest BCUT2D eigenvalue weighted by atomic mass is 10.1. The van der Waals surface area contributed by atoms with Crippen molar-refractivity contribution in [2.24, 2.45) is 0 Å². The molecule has 1 N–H and O–H groups in total. The van der Waals surface area contributed by atoms with Crippen molar-refractivity contribution in [3.05, 3.63) is 57.6 Å². The van der Waals surface area contributed by atoms with Crippen LogP contribution in [0, 0.1) is 19.7 Å². The van der Waals surface area contributed by atoms with Crippen LogP contribution in [0.5, 0.6) is 0 Å². The van der Waals surface area contributed by atoms with Crippen LogP contribution in [0.2, 0.25) is 0 Å². The number of hydrogen-bond acceptors (Lipinski definition) is 2. The molecule has 0 saturated carbocycles. The molecular weight excluding hydrogens is 295 g/mol. The van der Waals surface area contributed by atoms with Gasteiger partial charge in [-0.25, -0.2) is 4.39 Å². The Hall–Kier alpha value is -1.42. The summed E-state index contributed by atoms with van der Waals surface area (Å²) in [6.45, 7) is 4.57. The molecule has 4 heteroatoms. The fourth-order valence-corrected chi connectivity index (χ4v) is 2.09. The summed E-state index contributed by atoms with van der Waals surface area (Å²) < 4.78 is 13.8. The van der Waals surface area contributed by atoms with Crippen LogP contribution in [0.3, 0.4) is 0 Å². The van der Waals surface area contributed by atoms with Gasteiger partial charge in [0.15, 0.2) is 0 Å². The highest BCUT2D eigenvalue weighted by Crippen LogP contribution is 2.24. The van der Waals surface area contributed by atoms with E-state index < -0.39 is 0 Å². The monoisotopic (exact) mass is 308 g/mol. The van der Waals surface area contributed by atoms with Gasteiger partial charge in [0.25, 0.3) is 0 Å². The van der Waals surface area contributed by atoms with Crippen LogP contribution in [0.4, 0.5) is 10.1 Å². The molecule has 0 aliphatic rings. The zero-order chi connectivity index (χ0) is 13.1. The lowest BCUT2D eigenvalue weighted by Gasteiger charge is -2.11. The summed E-state index contributed by atoms with van der Waals surface area (Å²) in [5, 5.41) is 3.29. The van der Waals surface area contributed by atoms with Gasteiger partial charge in [0.05, 0.1) is 4.47 Å². The van der Waals surface area contributed by atoms with E-state index in [0.29, 0.717) is 11.0 Å². The Morgan fingerprint density at radius 3 is 2.72 bits per heavy atom. The van der Waals surface area contributed by atoms with E-state index in [4.69, 9.17) is 0 Å². The molecule has 0 unspecified atom stereocenters. The molecule has 0 fully saturated rings. The first kappa shape index (κ1) is 13.0. The molecule has 0 aliphatic carbocycles. The molecule has 0 amide bonds. The average Bonchev–Trinajstić information content (AvgIpc) is 2.32. The molecule has 1 aromatic carbocycles. The zero-order valence-corrected chi connectivity index (χ0v) is 11.9. The van der Waals surface area contributed by atoms with Gasteiger partial charge in [-0.2, -0.15) is 0 Å². The van der Waals surface area contributed by atoms with Gasteiger partial charge in [0.2, 0.25) is 0 Å². The minimum Gasteiger partial charge on any atom is -0.381 e. The van der Waals surface area contributed by atoms with Crippen LogP contribution in [-0.4, -0.2) is 4.98 Å². The Morgan fingerprint density at radius 2 is 2.00 bits per heavy atom. The third-order valence-corrected chi connectivity index (χ3v) is 3.29. The fraction of sp³-hybridized carbons (Fsp3) is 0.214. The number of benzene rings is 1. The molecule has 0 atom stereocenters. The Labute approximate surface area is 114 Å². The van der Waals surface area contributed by atoms with Crippen LogP contribution in [0.25, 0.3) is 0 Å². The van der Waals surface area contributed by atoms with E-state index in [1.165, 1.54) is 6.07 Å². The Balaban J connectivity index is 2.13. The Kier molecular flexibility index (Phi) is 3.97.